The third kappa shape index (κ3) is 8.61. The molecule has 0 aromatic heterocycles. The molecule has 1 saturated carbocycles. The molecular formula is C66H54N4. The summed E-state index contributed by atoms with van der Waals surface area (Å²) in [6, 6.07) is 95.5. The number of hydrogen-bond donors (Lipinski definition) is 0. The topological polar surface area (TPSA) is 13.0 Å². The van der Waals surface area contributed by atoms with Gasteiger partial charge in [-0.15, -0.1) is 0 Å². The van der Waals surface area contributed by atoms with Crippen LogP contribution in [0.1, 0.15) is 32.1 Å². The molecule has 0 saturated heterocycles. The highest BCUT2D eigenvalue weighted by Gasteiger charge is 2.25. The molecule has 12 rings (SSSR count). The molecule has 0 amide bonds. The number of anilines is 11. The van der Waals surface area contributed by atoms with E-state index in [9.17, 15) is 0 Å². The van der Waals surface area contributed by atoms with Crippen LogP contribution in [0, 0.1) is 0 Å². The third-order valence-electron chi connectivity index (χ3n) is 14.1. The fourth-order valence-electron chi connectivity index (χ4n) is 10.6. The van der Waals surface area contributed by atoms with E-state index < -0.39 is 0 Å². The quantitative estimate of drug-likeness (QED) is 0.121. The van der Waals surface area contributed by atoms with E-state index in [-0.39, 0.29) is 0 Å². The molecule has 11 aromatic carbocycles. The molecular weight excluding hydrogens is 849 g/mol. The van der Waals surface area contributed by atoms with Gasteiger partial charge in [0.15, 0.2) is 0 Å². The Morgan fingerprint density at radius 1 is 0.214 bits per heavy atom. The van der Waals surface area contributed by atoms with Crippen LogP contribution < -0.4 is 19.6 Å². The molecule has 1 fully saturated rings. The fraction of sp³-hybridized carbons (Fsp3) is 0.0909. The van der Waals surface area contributed by atoms with Gasteiger partial charge in [-0.2, -0.15) is 0 Å². The summed E-state index contributed by atoms with van der Waals surface area (Å²) in [5, 5.41) is 7.42. The minimum absolute atomic E-state index is 0.447. The summed E-state index contributed by atoms with van der Waals surface area (Å²) in [5.41, 5.74) is 12.3. The average Bonchev–Trinajstić information content (AvgIpc) is 3.43. The molecule has 338 valence electrons. The number of para-hydroxylation sites is 2. The first kappa shape index (κ1) is 42.7. The van der Waals surface area contributed by atoms with Crippen molar-refractivity contribution in [1.82, 2.24) is 0 Å². The van der Waals surface area contributed by atoms with Crippen molar-refractivity contribution in [1.29, 1.82) is 0 Å². The molecule has 0 bridgehead atoms. The molecule has 0 radical (unpaired) electrons. The predicted molar refractivity (Wildman–Crippen MR) is 298 cm³/mol. The van der Waals surface area contributed by atoms with E-state index >= 15 is 0 Å². The monoisotopic (exact) mass is 902 g/mol. The molecule has 0 atom stereocenters. The van der Waals surface area contributed by atoms with Crippen LogP contribution in [0.2, 0.25) is 0 Å². The number of benzene rings is 11. The van der Waals surface area contributed by atoms with Gasteiger partial charge in [-0.05, 0) is 179 Å². The molecule has 0 heterocycles. The number of nitrogens with zero attached hydrogens (tertiary/aromatic N) is 4. The molecule has 0 unspecified atom stereocenters. The van der Waals surface area contributed by atoms with Crippen molar-refractivity contribution in [3.05, 3.63) is 261 Å². The van der Waals surface area contributed by atoms with Crippen LogP contribution in [0.5, 0.6) is 0 Å². The Labute approximate surface area is 411 Å². The normalized spacial score (nSPS) is 12.8. The van der Waals surface area contributed by atoms with Gasteiger partial charge in [0.05, 0.1) is 0 Å². The highest BCUT2D eigenvalue weighted by atomic mass is 15.2. The Hall–Kier alpha value is -8.60. The fourth-order valence-corrected chi connectivity index (χ4v) is 10.6. The molecule has 0 N–H and O–H groups in total. The van der Waals surface area contributed by atoms with E-state index in [0.717, 1.165) is 51.2 Å². The highest BCUT2D eigenvalue weighted by Crippen LogP contribution is 2.44. The lowest BCUT2D eigenvalue weighted by Crippen LogP contribution is -2.32. The van der Waals surface area contributed by atoms with Crippen LogP contribution >= 0.6 is 0 Å². The third-order valence-corrected chi connectivity index (χ3v) is 14.1. The second-order valence-electron chi connectivity index (χ2n) is 18.5. The molecule has 1 aliphatic carbocycles. The minimum Gasteiger partial charge on any atom is -0.338 e. The van der Waals surface area contributed by atoms with Crippen molar-refractivity contribution < 1.29 is 0 Å². The molecule has 70 heavy (non-hydrogen) atoms. The zero-order valence-electron chi connectivity index (χ0n) is 39.2. The molecule has 1 aliphatic rings. The molecule has 0 aliphatic heterocycles. The summed E-state index contributed by atoms with van der Waals surface area (Å²) in [5.74, 6) is 0. The van der Waals surface area contributed by atoms with E-state index in [4.69, 9.17) is 0 Å². The summed E-state index contributed by atoms with van der Waals surface area (Å²) >= 11 is 0. The molecule has 0 spiro atoms. The van der Waals surface area contributed by atoms with Crippen LogP contribution in [-0.2, 0) is 0 Å². The van der Waals surface area contributed by atoms with Gasteiger partial charge in [0.25, 0.3) is 0 Å². The maximum absolute atomic E-state index is 2.61. The molecule has 11 aromatic rings. The van der Waals surface area contributed by atoms with Crippen molar-refractivity contribution in [2.45, 2.75) is 38.1 Å². The van der Waals surface area contributed by atoms with Gasteiger partial charge < -0.3 is 19.6 Å². The summed E-state index contributed by atoms with van der Waals surface area (Å²) < 4.78 is 0. The smallest absolute Gasteiger partial charge is 0.0468 e. The van der Waals surface area contributed by atoms with Crippen molar-refractivity contribution in [2.75, 3.05) is 19.6 Å². The lowest BCUT2D eigenvalue weighted by molar-refractivity contribution is 0.436. The van der Waals surface area contributed by atoms with E-state index in [0.29, 0.717) is 6.04 Å². The number of rotatable bonds is 12. The Balaban J connectivity index is 0.952. The Morgan fingerprint density at radius 2 is 0.486 bits per heavy atom. The first-order valence-electron chi connectivity index (χ1n) is 24.8. The van der Waals surface area contributed by atoms with Crippen LogP contribution in [-0.4, -0.2) is 6.04 Å². The predicted octanol–water partition coefficient (Wildman–Crippen LogP) is 19.0. The maximum atomic E-state index is 2.61. The Kier molecular flexibility index (Phi) is 11.7. The average molecular weight is 903 g/mol. The second kappa shape index (κ2) is 19.2. The molecule has 4 heteroatoms. The highest BCUT2D eigenvalue weighted by molar-refractivity contribution is 5.92. The van der Waals surface area contributed by atoms with Gasteiger partial charge >= 0.3 is 0 Å². The zero-order valence-corrected chi connectivity index (χ0v) is 39.2. The number of fused-ring (bicyclic) bond motifs is 3. The lowest BCUT2D eigenvalue weighted by atomic mass is 9.93. The first-order chi connectivity index (χ1) is 34.7. The molecule has 4 nitrogen and oxygen atoms in total. The lowest BCUT2D eigenvalue weighted by Gasteiger charge is -2.37. The van der Waals surface area contributed by atoms with E-state index in [1.54, 1.807) is 0 Å². The van der Waals surface area contributed by atoms with Crippen LogP contribution in [0.15, 0.2) is 261 Å². The summed E-state index contributed by atoms with van der Waals surface area (Å²) in [6.45, 7) is 0. The zero-order chi connectivity index (χ0) is 46.6. The van der Waals surface area contributed by atoms with Gasteiger partial charge in [-0.1, -0.05) is 147 Å². The van der Waals surface area contributed by atoms with Gasteiger partial charge in [-0.3, -0.25) is 0 Å². The first-order valence-corrected chi connectivity index (χ1v) is 24.8. The second-order valence-corrected chi connectivity index (χ2v) is 18.5. The van der Waals surface area contributed by atoms with E-state index in [1.165, 1.54) is 75.8 Å². The van der Waals surface area contributed by atoms with Crippen molar-refractivity contribution >= 4 is 94.9 Å². The minimum atomic E-state index is 0.447. The maximum Gasteiger partial charge on any atom is 0.0468 e. The van der Waals surface area contributed by atoms with Crippen molar-refractivity contribution in [2.24, 2.45) is 0 Å². The Bertz CT molecular complexity index is 3360. The number of hydrogen-bond acceptors (Lipinski definition) is 4. The van der Waals surface area contributed by atoms with Crippen LogP contribution in [0.4, 0.5) is 62.6 Å². The van der Waals surface area contributed by atoms with Gasteiger partial charge in [0.2, 0.25) is 0 Å². The van der Waals surface area contributed by atoms with Gasteiger partial charge in [0, 0.05) is 68.6 Å². The van der Waals surface area contributed by atoms with E-state index in [2.05, 4.69) is 280 Å². The SMILES string of the molecule is c1ccc(N(c2ccc(N(c3ccc(N(c4ccccc4)c4ccc5ccccc5c4)cc3)c3ccc(N(c4ccc5ccccc5c4)C4CCCCC4)cc3)cc2)c2ccc3ccccc3c2)cc1. The summed E-state index contributed by atoms with van der Waals surface area (Å²) in [7, 11) is 0. The van der Waals surface area contributed by atoms with E-state index in [1.807, 2.05) is 0 Å². The van der Waals surface area contributed by atoms with Crippen LogP contribution in [0.25, 0.3) is 32.3 Å². The van der Waals surface area contributed by atoms with Crippen molar-refractivity contribution in [3.8, 4) is 0 Å². The summed E-state index contributed by atoms with van der Waals surface area (Å²) in [4.78, 5) is 9.70. The van der Waals surface area contributed by atoms with Gasteiger partial charge in [0.1, 0.15) is 0 Å². The van der Waals surface area contributed by atoms with Crippen LogP contribution in [0.3, 0.4) is 0 Å². The standard InChI is InChI=1S/C66H54N4/c1-4-22-55(23-5-1)68(64-31-28-49-16-10-13-19-52(49)46-64)61-40-34-58(35-41-61)67(59-36-42-62(43-37-59)69(56-24-6-2-7-25-56)65-32-29-50-17-11-14-20-53(50)47-65)60-38-44-63(45-39-60)70(57-26-8-3-9-27-57)66-33-30-51-18-12-15-21-54(51)48-66/h1-2,4-7,10-25,28-48,57H,3,8-9,26-27H2. The largest absolute Gasteiger partial charge is 0.338 e. The van der Waals surface area contributed by atoms with Crippen molar-refractivity contribution in [3.63, 3.8) is 0 Å². The Morgan fingerprint density at radius 3 is 0.871 bits per heavy atom. The van der Waals surface area contributed by atoms with Gasteiger partial charge in [-0.25, -0.2) is 0 Å². The summed E-state index contributed by atoms with van der Waals surface area (Å²) in [6.07, 6.45) is 6.22.